The fourth-order valence-corrected chi connectivity index (χ4v) is 3.64. The molecule has 1 aromatic rings. The van der Waals surface area contributed by atoms with Crippen LogP contribution in [-0.2, 0) is 16.6 Å². The van der Waals surface area contributed by atoms with Crippen LogP contribution in [-0.4, -0.2) is 28.1 Å². The average Bonchev–Trinajstić information content (AvgIpc) is 2.40. The molecule has 1 aliphatic carbocycles. The van der Waals surface area contributed by atoms with Crippen LogP contribution in [0.3, 0.4) is 0 Å². The van der Waals surface area contributed by atoms with E-state index >= 15 is 0 Å². The predicted molar refractivity (Wildman–Crippen MR) is 78.3 cm³/mol. The van der Waals surface area contributed by atoms with Crippen LogP contribution in [0.25, 0.3) is 0 Å². The molecule has 2 N–H and O–H groups in total. The van der Waals surface area contributed by atoms with Gasteiger partial charge in [0.15, 0.2) is 0 Å². The van der Waals surface area contributed by atoms with E-state index in [9.17, 15) is 8.42 Å². The van der Waals surface area contributed by atoms with Crippen molar-refractivity contribution in [2.45, 2.75) is 43.7 Å². The molecule has 1 aromatic carbocycles. The van der Waals surface area contributed by atoms with E-state index in [4.69, 9.17) is 4.74 Å². The van der Waals surface area contributed by atoms with Gasteiger partial charge in [0.1, 0.15) is 10.6 Å². The van der Waals surface area contributed by atoms with Crippen molar-refractivity contribution in [1.82, 2.24) is 10.0 Å². The molecule has 0 bridgehead atoms. The fraction of sp³-hybridized carbons (Fsp3) is 0.571. The summed E-state index contributed by atoms with van der Waals surface area (Å²) in [6, 6.07) is 5.34. The molecular formula is C14H22N2O3S. The van der Waals surface area contributed by atoms with Crippen molar-refractivity contribution < 1.29 is 13.2 Å². The Kier molecular flexibility index (Phi) is 5.01. The Morgan fingerprint density at radius 2 is 2.10 bits per heavy atom. The number of nitrogens with one attached hydrogen (secondary N) is 2. The van der Waals surface area contributed by atoms with Crippen LogP contribution < -0.4 is 14.8 Å². The van der Waals surface area contributed by atoms with Crippen molar-refractivity contribution in [2.24, 2.45) is 0 Å². The van der Waals surface area contributed by atoms with Crippen molar-refractivity contribution in [1.29, 1.82) is 0 Å². The molecule has 0 unspecified atom stereocenters. The largest absolute Gasteiger partial charge is 0.495 e. The van der Waals surface area contributed by atoms with Crippen LogP contribution in [0.5, 0.6) is 5.75 Å². The summed E-state index contributed by atoms with van der Waals surface area (Å²) >= 11 is 0. The van der Waals surface area contributed by atoms with Gasteiger partial charge in [0, 0.05) is 12.6 Å². The van der Waals surface area contributed by atoms with Crippen LogP contribution in [0, 0.1) is 0 Å². The Balaban J connectivity index is 2.26. The van der Waals surface area contributed by atoms with E-state index in [1.807, 2.05) is 13.0 Å². The quantitative estimate of drug-likeness (QED) is 0.803. The van der Waals surface area contributed by atoms with Crippen molar-refractivity contribution in [2.75, 3.05) is 13.7 Å². The first-order valence-corrected chi connectivity index (χ1v) is 8.45. The second kappa shape index (κ2) is 6.56. The Bertz CT molecular complexity index is 554. The summed E-state index contributed by atoms with van der Waals surface area (Å²) in [5, 5.41) is 3.19. The van der Waals surface area contributed by atoms with E-state index in [1.165, 1.54) is 7.11 Å². The molecule has 0 atom stereocenters. The summed E-state index contributed by atoms with van der Waals surface area (Å²) in [6.07, 6.45) is 2.92. The van der Waals surface area contributed by atoms with Gasteiger partial charge in [0.25, 0.3) is 0 Å². The highest BCUT2D eigenvalue weighted by Gasteiger charge is 2.27. The van der Waals surface area contributed by atoms with E-state index < -0.39 is 10.0 Å². The predicted octanol–water partition coefficient (Wildman–Crippen LogP) is 1.64. The molecule has 1 aliphatic rings. The van der Waals surface area contributed by atoms with Crippen LogP contribution >= 0.6 is 0 Å². The summed E-state index contributed by atoms with van der Waals surface area (Å²) in [5.74, 6) is 0.386. The number of methoxy groups -OCH3 is 1. The zero-order valence-corrected chi connectivity index (χ0v) is 12.8. The SMILES string of the molecule is CCNCc1ccc(OC)c(S(=O)(=O)NC2CCC2)c1. The molecule has 0 amide bonds. The highest BCUT2D eigenvalue weighted by Crippen LogP contribution is 2.27. The lowest BCUT2D eigenvalue weighted by Crippen LogP contribution is -2.39. The molecule has 1 fully saturated rings. The highest BCUT2D eigenvalue weighted by molar-refractivity contribution is 7.89. The van der Waals surface area contributed by atoms with Gasteiger partial charge in [-0.2, -0.15) is 0 Å². The molecule has 1 saturated carbocycles. The Labute approximate surface area is 120 Å². The van der Waals surface area contributed by atoms with Gasteiger partial charge in [-0.15, -0.1) is 0 Å². The molecule has 0 aromatic heterocycles. The van der Waals surface area contributed by atoms with E-state index in [1.54, 1.807) is 12.1 Å². The van der Waals surface area contributed by atoms with Crippen molar-refractivity contribution in [3.63, 3.8) is 0 Å². The summed E-state index contributed by atoms with van der Waals surface area (Å²) < 4.78 is 32.8. The minimum atomic E-state index is -3.51. The minimum Gasteiger partial charge on any atom is -0.495 e. The van der Waals surface area contributed by atoms with Gasteiger partial charge >= 0.3 is 0 Å². The van der Waals surface area contributed by atoms with E-state index in [2.05, 4.69) is 10.0 Å². The van der Waals surface area contributed by atoms with Gasteiger partial charge in [0.2, 0.25) is 10.0 Å². The lowest BCUT2D eigenvalue weighted by Gasteiger charge is -2.26. The van der Waals surface area contributed by atoms with Crippen LogP contribution in [0.15, 0.2) is 23.1 Å². The Morgan fingerprint density at radius 3 is 2.65 bits per heavy atom. The van der Waals surface area contributed by atoms with Crippen LogP contribution in [0.2, 0.25) is 0 Å². The molecule has 6 heteroatoms. The smallest absolute Gasteiger partial charge is 0.244 e. The summed E-state index contributed by atoms with van der Waals surface area (Å²) in [7, 11) is -2.03. The molecular weight excluding hydrogens is 276 g/mol. The molecule has 2 rings (SSSR count). The second-order valence-electron chi connectivity index (χ2n) is 5.01. The van der Waals surface area contributed by atoms with Gasteiger partial charge in [-0.1, -0.05) is 19.4 Å². The van der Waals surface area contributed by atoms with Crippen molar-refractivity contribution >= 4 is 10.0 Å². The van der Waals surface area contributed by atoms with Gasteiger partial charge in [-0.3, -0.25) is 0 Å². The third-order valence-electron chi connectivity index (χ3n) is 3.52. The average molecular weight is 298 g/mol. The normalized spacial score (nSPS) is 15.9. The minimum absolute atomic E-state index is 0.0714. The maximum atomic E-state index is 12.4. The first-order chi connectivity index (χ1) is 9.56. The molecule has 0 aliphatic heterocycles. The molecule has 0 heterocycles. The third kappa shape index (κ3) is 3.50. The Hall–Kier alpha value is -1.11. The van der Waals surface area contributed by atoms with E-state index in [-0.39, 0.29) is 10.9 Å². The van der Waals surface area contributed by atoms with Gasteiger partial charge < -0.3 is 10.1 Å². The maximum Gasteiger partial charge on any atom is 0.244 e. The summed E-state index contributed by atoms with van der Waals surface area (Å²) in [4.78, 5) is 0.224. The zero-order chi connectivity index (χ0) is 14.6. The summed E-state index contributed by atoms with van der Waals surface area (Å²) in [6.45, 7) is 3.50. The van der Waals surface area contributed by atoms with Gasteiger partial charge in [0.05, 0.1) is 7.11 Å². The molecule has 0 saturated heterocycles. The molecule has 20 heavy (non-hydrogen) atoms. The first-order valence-electron chi connectivity index (χ1n) is 6.96. The van der Waals surface area contributed by atoms with E-state index in [0.29, 0.717) is 12.3 Å². The molecule has 0 spiro atoms. The van der Waals surface area contributed by atoms with Gasteiger partial charge in [-0.05, 0) is 37.1 Å². The number of hydrogen-bond donors (Lipinski definition) is 2. The number of benzene rings is 1. The van der Waals surface area contributed by atoms with Crippen LogP contribution in [0.4, 0.5) is 0 Å². The third-order valence-corrected chi connectivity index (χ3v) is 5.07. The number of rotatable bonds is 7. The van der Waals surface area contributed by atoms with Gasteiger partial charge in [-0.25, -0.2) is 13.1 Å². The lowest BCUT2D eigenvalue weighted by atomic mass is 9.94. The monoisotopic (exact) mass is 298 g/mol. The highest BCUT2D eigenvalue weighted by atomic mass is 32.2. The van der Waals surface area contributed by atoms with Crippen LogP contribution in [0.1, 0.15) is 31.7 Å². The van der Waals surface area contributed by atoms with Crippen molar-refractivity contribution in [3.8, 4) is 5.75 Å². The molecule has 112 valence electrons. The molecule has 0 radical (unpaired) electrons. The van der Waals surface area contributed by atoms with E-state index in [0.717, 1.165) is 31.4 Å². The summed E-state index contributed by atoms with van der Waals surface area (Å²) in [5.41, 5.74) is 0.932. The Morgan fingerprint density at radius 1 is 1.35 bits per heavy atom. The molecule has 5 nitrogen and oxygen atoms in total. The van der Waals surface area contributed by atoms with Crippen molar-refractivity contribution in [3.05, 3.63) is 23.8 Å². The fourth-order valence-electron chi connectivity index (χ4n) is 2.12. The second-order valence-corrected chi connectivity index (χ2v) is 6.70. The number of sulfonamides is 1. The maximum absolute atomic E-state index is 12.4. The zero-order valence-electron chi connectivity index (χ0n) is 12.0. The first kappa shape index (κ1) is 15.3. The topological polar surface area (TPSA) is 67.4 Å². The number of hydrogen-bond acceptors (Lipinski definition) is 4. The standard InChI is InChI=1S/C14H22N2O3S/c1-3-15-10-11-7-8-13(19-2)14(9-11)20(17,18)16-12-5-4-6-12/h7-9,12,15-16H,3-6,10H2,1-2H3. The number of ether oxygens (including phenoxy) is 1. The lowest BCUT2D eigenvalue weighted by molar-refractivity contribution is 0.379.